The van der Waals surface area contributed by atoms with Gasteiger partial charge in [0.05, 0.1) is 21.8 Å². The van der Waals surface area contributed by atoms with E-state index in [1.165, 1.54) is 93.6 Å². The van der Waals surface area contributed by atoms with Gasteiger partial charge in [0, 0.05) is 0 Å². The predicted octanol–water partition coefficient (Wildman–Crippen LogP) is 8.40. The van der Waals surface area contributed by atoms with E-state index in [0.29, 0.717) is 35.2 Å². The summed E-state index contributed by atoms with van der Waals surface area (Å²) in [4.78, 5) is 31.8. The highest BCUT2D eigenvalue weighted by Gasteiger charge is 2.58. The van der Waals surface area contributed by atoms with Crippen LogP contribution in [0.4, 0.5) is 0 Å². The minimum atomic E-state index is -0.308. The maximum Gasteiger partial charge on any atom is 0.344 e. The standard InChI is InChI=1S/C31H33O3S.C18H14OS.C13H19ClO2.2ClH/c1-31(24-17-22-16-23(19-24)20-25(31)18-22)34-30(32)21-33-26-12-14-29(15-13-26)35(27-8-4-2-5-9-27)28-10-6-3-7-11-28;19-15-11-13-18(14-12-15)20(16-7-3-1-4-8-16)17-9-5-2-6-10-17;1-13(16-12(15)7-14)10-3-8-2-9(5-10)6-11(13)4-8;;/h2-15,22-25H,16-21H2,1H3;1-14H;8-11H,2-7H2,1H3;2*1H/q+1;;;;/p-1. The average molecular weight is 1080 g/mol. The molecule has 8 saturated carbocycles. The molecule has 1 N–H and O–H groups in total. The van der Waals surface area contributed by atoms with Gasteiger partial charge in [0.1, 0.15) is 28.6 Å². The molecule has 0 amide bonds. The van der Waals surface area contributed by atoms with Crippen molar-refractivity contribution in [1.29, 1.82) is 0 Å². The van der Waals surface area contributed by atoms with Crippen LogP contribution in [0.15, 0.2) is 199 Å². The van der Waals surface area contributed by atoms with Crippen LogP contribution in [0.5, 0.6) is 11.5 Å². The van der Waals surface area contributed by atoms with Crippen LogP contribution in [-0.4, -0.2) is 40.7 Å². The van der Waals surface area contributed by atoms with E-state index in [9.17, 15) is 14.7 Å². The molecule has 6 aromatic rings. The van der Waals surface area contributed by atoms with Crippen LogP contribution in [0.1, 0.15) is 78.1 Å². The van der Waals surface area contributed by atoms with Crippen molar-refractivity contribution in [2.45, 2.75) is 119 Å². The van der Waals surface area contributed by atoms with Crippen LogP contribution in [0.25, 0.3) is 0 Å². The summed E-state index contributed by atoms with van der Waals surface area (Å²) in [6, 6.07) is 57.8. The molecule has 8 fully saturated rings. The fraction of sp³-hybridized carbons (Fsp3) is 0.387. The van der Waals surface area contributed by atoms with Crippen LogP contribution in [0, 0.1) is 47.3 Å². The number of alkyl halides is 1. The number of phenolic OH excluding ortho intramolecular Hbond substituents is 1. The number of hydrogen-bond acceptors (Lipinski definition) is 6. The van der Waals surface area contributed by atoms with Crippen molar-refractivity contribution in [1.82, 2.24) is 0 Å². The van der Waals surface area contributed by atoms with E-state index < -0.39 is 0 Å². The molecule has 0 heterocycles. The first-order valence-corrected chi connectivity index (χ1v) is 28.7. The number of ether oxygens (including phenoxy) is 3. The number of carbonyl (C=O) groups is 2. The number of benzene rings is 6. The maximum absolute atomic E-state index is 12.8. The summed E-state index contributed by atoms with van der Waals surface area (Å²) in [5.74, 6) is 6.28. The van der Waals surface area contributed by atoms with Gasteiger partial charge in [-0.2, -0.15) is 0 Å². The second kappa shape index (κ2) is 24.4. The van der Waals surface area contributed by atoms with Gasteiger partial charge in [-0.25, -0.2) is 4.79 Å². The molecule has 0 radical (unpaired) electrons. The molecule has 8 aliphatic carbocycles. The lowest BCUT2D eigenvalue weighted by Gasteiger charge is -2.59. The molecule has 6 aromatic carbocycles. The SMILES string of the molecule is CC1(OC(=O)CCl)C2CC3CC(C2)CC1C3.CC1(OC(=O)COc2ccc([S+](c3ccccc3)c3ccccc3)cc2)C2CC3CC(C2)CC1C3.Oc1ccc([S+](c2ccccc2)c2ccccc2)cc1.[Cl-].[Cl-]. The van der Waals surface area contributed by atoms with Crippen LogP contribution >= 0.6 is 11.6 Å². The molecule has 8 aliphatic rings. The lowest BCUT2D eigenvalue weighted by molar-refractivity contribution is -0.204. The molecule has 0 aliphatic heterocycles. The molecule has 8 bridgehead atoms. The number of esters is 2. The van der Waals surface area contributed by atoms with Crippen LogP contribution in [0.3, 0.4) is 0 Å². The van der Waals surface area contributed by atoms with Crippen molar-refractivity contribution in [2.75, 3.05) is 12.5 Å². The second-order valence-electron chi connectivity index (χ2n) is 21.2. The van der Waals surface area contributed by atoms with Gasteiger partial charge in [0.15, 0.2) is 36.0 Å². The zero-order valence-electron chi connectivity index (χ0n) is 41.7. The summed E-state index contributed by atoms with van der Waals surface area (Å²) < 4.78 is 17.7. The highest BCUT2D eigenvalue weighted by molar-refractivity contribution is 7.97. The van der Waals surface area contributed by atoms with E-state index in [1.54, 1.807) is 12.1 Å². The molecule has 0 aromatic heterocycles. The zero-order chi connectivity index (χ0) is 49.0. The molecule has 384 valence electrons. The first-order chi connectivity index (χ1) is 34.5. The number of rotatable bonds is 12. The first kappa shape index (κ1) is 54.7. The van der Waals surface area contributed by atoms with Gasteiger partial charge in [-0.15, -0.1) is 11.6 Å². The third-order valence-corrected chi connectivity index (χ3v) is 21.4. The Kier molecular flexibility index (Phi) is 18.3. The van der Waals surface area contributed by atoms with E-state index >= 15 is 0 Å². The Balaban J connectivity index is 0.000000159. The Bertz CT molecular complexity index is 2560. The Morgan fingerprint density at radius 3 is 1.05 bits per heavy atom. The van der Waals surface area contributed by atoms with Crippen molar-refractivity contribution < 1.29 is 53.7 Å². The van der Waals surface area contributed by atoms with Gasteiger partial charge >= 0.3 is 11.9 Å². The van der Waals surface area contributed by atoms with E-state index in [1.807, 2.05) is 36.4 Å². The molecule has 0 atom stereocenters. The minimum absolute atomic E-state index is 0. The van der Waals surface area contributed by atoms with E-state index in [4.69, 9.17) is 25.8 Å². The van der Waals surface area contributed by atoms with Crippen molar-refractivity contribution >= 4 is 45.3 Å². The van der Waals surface area contributed by atoms with Gasteiger partial charge in [0.25, 0.3) is 0 Å². The number of aromatic hydroxyl groups is 1. The lowest BCUT2D eigenvalue weighted by atomic mass is 9.50. The minimum Gasteiger partial charge on any atom is -1.00 e. The first-order valence-electron chi connectivity index (χ1n) is 25.7. The second-order valence-corrected chi connectivity index (χ2v) is 25.5. The predicted molar refractivity (Wildman–Crippen MR) is 284 cm³/mol. The molecule has 11 heteroatoms. The summed E-state index contributed by atoms with van der Waals surface area (Å²) in [6.07, 6.45) is 12.8. The zero-order valence-corrected chi connectivity index (χ0v) is 45.6. The summed E-state index contributed by atoms with van der Waals surface area (Å²) in [7, 11) is -0.330. The molecule has 0 unspecified atom stereocenters. The van der Waals surface area contributed by atoms with Crippen molar-refractivity contribution in [2.24, 2.45) is 47.3 Å². The van der Waals surface area contributed by atoms with Crippen molar-refractivity contribution in [3.63, 3.8) is 0 Å². The summed E-state index contributed by atoms with van der Waals surface area (Å²) >= 11 is 5.55. The highest BCUT2D eigenvalue weighted by Crippen LogP contribution is 2.60. The molecular weight excluding hydrogens is 1010 g/mol. The fourth-order valence-corrected chi connectivity index (χ4v) is 17.8. The van der Waals surface area contributed by atoms with Gasteiger partial charge in [-0.1, -0.05) is 72.8 Å². The summed E-state index contributed by atoms with van der Waals surface area (Å²) in [6.45, 7) is 4.29. The van der Waals surface area contributed by atoms with E-state index in [2.05, 4.69) is 135 Å². The Morgan fingerprint density at radius 2 is 0.740 bits per heavy atom. The molecule has 73 heavy (non-hydrogen) atoms. The molecule has 0 spiro atoms. The largest absolute Gasteiger partial charge is 1.00 e. The number of halogens is 3. The van der Waals surface area contributed by atoms with Crippen molar-refractivity contribution in [3.05, 3.63) is 170 Å². The number of carbonyl (C=O) groups excluding carboxylic acids is 2. The van der Waals surface area contributed by atoms with Gasteiger partial charge in [-0.05, 0) is 222 Å². The van der Waals surface area contributed by atoms with Crippen LogP contribution in [0.2, 0.25) is 0 Å². The van der Waals surface area contributed by atoms with Gasteiger partial charge in [-0.3, -0.25) is 4.79 Å². The van der Waals surface area contributed by atoms with Crippen LogP contribution in [-0.2, 0) is 40.9 Å². The molecule has 6 nitrogen and oxygen atoms in total. The monoisotopic (exact) mass is 1080 g/mol. The Labute approximate surface area is 455 Å². The van der Waals surface area contributed by atoms with Gasteiger partial charge in [0.2, 0.25) is 0 Å². The Morgan fingerprint density at radius 1 is 0.452 bits per heavy atom. The summed E-state index contributed by atoms with van der Waals surface area (Å²) in [5, 5.41) is 9.48. The maximum atomic E-state index is 12.8. The number of hydrogen-bond donors (Lipinski definition) is 1. The third-order valence-electron chi connectivity index (χ3n) is 16.7. The highest BCUT2D eigenvalue weighted by atomic mass is 35.5. The Hall–Kier alpha value is -4.57. The number of phenols is 1. The lowest BCUT2D eigenvalue weighted by Crippen LogP contribution is -3.00. The van der Waals surface area contributed by atoms with Crippen LogP contribution < -0.4 is 29.6 Å². The molecule has 0 saturated heterocycles. The van der Waals surface area contributed by atoms with Gasteiger partial charge < -0.3 is 44.1 Å². The smallest absolute Gasteiger partial charge is 0.344 e. The van der Waals surface area contributed by atoms with E-state index in [-0.39, 0.29) is 82.2 Å². The van der Waals surface area contributed by atoms with Crippen molar-refractivity contribution in [3.8, 4) is 11.5 Å². The summed E-state index contributed by atoms with van der Waals surface area (Å²) in [5.41, 5.74) is -0.517. The van der Waals surface area contributed by atoms with E-state index in [0.717, 1.165) is 23.7 Å². The topological polar surface area (TPSA) is 82.1 Å². The fourth-order valence-electron chi connectivity index (χ4n) is 13.6. The quantitative estimate of drug-likeness (QED) is 0.0754. The molecular formula is C62H67Cl3O6S2. The molecule has 14 rings (SSSR count). The third kappa shape index (κ3) is 12.4. The normalized spacial score (nSPS) is 27.5. The average Bonchev–Trinajstić information content (AvgIpc) is 3.39.